The number of aliphatic carboxylic acids is 1. The standard InChI is InChI=1S/C12H11N3O2S/c1-7-2-3-8-9(6-7)18-12-14-13-10(15(8)12)4-5-11(16)17/h2-3,6H,4-5H2,1H3,(H,16,17). The Morgan fingerprint density at radius 2 is 2.28 bits per heavy atom. The highest BCUT2D eigenvalue weighted by molar-refractivity contribution is 7.23. The molecule has 0 aliphatic heterocycles. The van der Waals surface area contributed by atoms with E-state index < -0.39 is 5.97 Å². The molecule has 1 aromatic carbocycles. The topological polar surface area (TPSA) is 67.5 Å². The van der Waals surface area contributed by atoms with E-state index in [1.165, 1.54) is 5.56 Å². The number of fused-ring (bicyclic) bond motifs is 3. The lowest BCUT2D eigenvalue weighted by atomic mass is 10.2. The fourth-order valence-corrected chi connectivity index (χ4v) is 3.06. The Bertz CT molecular complexity index is 744. The molecule has 0 radical (unpaired) electrons. The van der Waals surface area contributed by atoms with E-state index in [1.807, 2.05) is 23.5 Å². The Kier molecular flexibility index (Phi) is 2.52. The molecule has 3 aromatic rings. The van der Waals surface area contributed by atoms with Crippen molar-refractivity contribution in [3.8, 4) is 0 Å². The summed E-state index contributed by atoms with van der Waals surface area (Å²) in [6, 6.07) is 6.17. The van der Waals surface area contributed by atoms with Gasteiger partial charge in [-0.3, -0.25) is 9.20 Å². The van der Waals surface area contributed by atoms with E-state index in [9.17, 15) is 4.79 Å². The molecular weight excluding hydrogens is 250 g/mol. The highest BCUT2D eigenvalue weighted by Crippen LogP contribution is 2.27. The van der Waals surface area contributed by atoms with E-state index in [1.54, 1.807) is 11.3 Å². The molecule has 92 valence electrons. The number of aryl methyl sites for hydroxylation is 2. The molecule has 2 aromatic heterocycles. The summed E-state index contributed by atoms with van der Waals surface area (Å²) in [5.74, 6) is -0.107. The van der Waals surface area contributed by atoms with Gasteiger partial charge < -0.3 is 5.11 Å². The van der Waals surface area contributed by atoms with Gasteiger partial charge in [0.2, 0.25) is 4.96 Å². The number of aromatic nitrogens is 3. The van der Waals surface area contributed by atoms with Gasteiger partial charge in [0.15, 0.2) is 0 Å². The van der Waals surface area contributed by atoms with Crippen LogP contribution in [-0.2, 0) is 11.2 Å². The summed E-state index contributed by atoms with van der Waals surface area (Å²) in [6.45, 7) is 2.05. The van der Waals surface area contributed by atoms with Crippen LogP contribution >= 0.6 is 11.3 Å². The number of carbonyl (C=O) groups is 1. The van der Waals surface area contributed by atoms with Gasteiger partial charge in [-0.1, -0.05) is 17.4 Å². The summed E-state index contributed by atoms with van der Waals surface area (Å²) in [7, 11) is 0. The van der Waals surface area contributed by atoms with Gasteiger partial charge in [0, 0.05) is 6.42 Å². The molecule has 0 aliphatic carbocycles. The van der Waals surface area contributed by atoms with Crippen LogP contribution in [0, 0.1) is 6.92 Å². The Labute approximate surface area is 107 Å². The van der Waals surface area contributed by atoms with Crippen LogP contribution < -0.4 is 0 Å². The normalized spacial score (nSPS) is 11.4. The summed E-state index contributed by atoms with van der Waals surface area (Å²) in [5, 5.41) is 16.9. The minimum absolute atomic E-state index is 0.0734. The lowest BCUT2D eigenvalue weighted by molar-refractivity contribution is -0.137. The molecule has 0 saturated heterocycles. The Morgan fingerprint density at radius 1 is 1.44 bits per heavy atom. The Balaban J connectivity index is 2.15. The molecule has 0 unspecified atom stereocenters. The maximum Gasteiger partial charge on any atom is 0.303 e. The molecule has 1 N–H and O–H groups in total. The van der Waals surface area contributed by atoms with Crippen LogP contribution in [0.15, 0.2) is 18.2 Å². The van der Waals surface area contributed by atoms with Crippen molar-refractivity contribution in [2.24, 2.45) is 0 Å². The Morgan fingerprint density at radius 3 is 3.06 bits per heavy atom. The highest BCUT2D eigenvalue weighted by atomic mass is 32.1. The smallest absolute Gasteiger partial charge is 0.303 e. The van der Waals surface area contributed by atoms with E-state index >= 15 is 0 Å². The molecular formula is C12H11N3O2S. The summed E-state index contributed by atoms with van der Waals surface area (Å²) in [5.41, 5.74) is 2.25. The van der Waals surface area contributed by atoms with Crippen molar-refractivity contribution in [2.45, 2.75) is 19.8 Å². The molecule has 0 saturated carbocycles. The number of thiazole rings is 1. The molecule has 0 spiro atoms. The maximum atomic E-state index is 10.6. The van der Waals surface area contributed by atoms with Crippen LogP contribution in [0.5, 0.6) is 0 Å². The third-order valence-electron chi connectivity index (χ3n) is 2.82. The lowest BCUT2D eigenvalue weighted by Crippen LogP contribution is -2.01. The first kappa shape index (κ1) is 11.2. The molecule has 0 amide bonds. The van der Waals surface area contributed by atoms with Crippen molar-refractivity contribution < 1.29 is 9.90 Å². The molecule has 0 fully saturated rings. The predicted octanol–water partition coefficient (Wildman–Crippen LogP) is 2.27. The third-order valence-corrected chi connectivity index (χ3v) is 3.81. The van der Waals surface area contributed by atoms with Crippen molar-refractivity contribution in [1.82, 2.24) is 14.6 Å². The first-order chi connectivity index (χ1) is 8.65. The van der Waals surface area contributed by atoms with E-state index in [2.05, 4.69) is 16.3 Å². The molecule has 0 aliphatic rings. The van der Waals surface area contributed by atoms with E-state index in [0.29, 0.717) is 12.2 Å². The molecule has 6 heteroatoms. The largest absolute Gasteiger partial charge is 0.481 e. The zero-order valence-electron chi connectivity index (χ0n) is 9.75. The van der Waals surface area contributed by atoms with Gasteiger partial charge in [-0.15, -0.1) is 10.2 Å². The number of benzene rings is 1. The number of rotatable bonds is 3. The summed E-state index contributed by atoms with van der Waals surface area (Å²) in [4.78, 5) is 11.4. The average molecular weight is 261 g/mol. The lowest BCUT2D eigenvalue weighted by Gasteiger charge is -1.97. The van der Waals surface area contributed by atoms with Crippen molar-refractivity contribution in [2.75, 3.05) is 0 Å². The number of hydrogen-bond donors (Lipinski definition) is 1. The fraction of sp³-hybridized carbons (Fsp3) is 0.250. The second-order valence-electron chi connectivity index (χ2n) is 4.20. The maximum absolute atomic E-state index is 10.6. The zero-order valence-corrected chi connectivity index (χ0v) is 10.6. The van der Waals surface area contributed by atoms with Gasteiger partial charge >= 0.3 is 5.97 Å². The van der Waals surface area contributed by atoms with Gasteiger partial charge in [-0.05, 0) is 24.6 Å². The minimum atomic E-state index is -0.817. The number of carboxylic acid groups (broad SMARTS) is 1. The second kappa shape index (κ2) is 4.06. The monoisotopic (exact) mass is 261 g/mol. The van der Waals surface area contributed by atoms with Crippen LogP contribution in [0.1, 0.15) is 17.8 Å². The summed E-state index contributed by atoms with van der Waals surface area (Å²) >= 11 is 1.57. The molecule has 2 heterocycles. The van der Waals surface area contributed by atoms with Crippen molar-refractivity contribution in [1.29, 1.82) is 0 Å². The van der Waals surface area contributed by atoms with Gasteiger partial charge in [-0.2, -0.15) is 0 Å². The van der Waals surface area contributed by atoms with Gasteiger partial charge in [0.25, 0.3) is 0 Å². The van der Waals surface area contributed by atoms with Gasteiger partial charge in [0.1, 0.15) is 5.82 Å². The van der Waals surface area contributed by atoms with Crippen LogP contribution in [0.4, 0.5) is 0 Å². The fourth-order valence-electron chi connectivity index (χ4n) is 1.98. The molecule has 0 bridgehead atoms. The zero-order chi connectivity index (χ0) is 12.7. The SMILES string of the molecule is Cc1ccc2c(c1)sc1nnc(CCC(=O)O)n12. The molecule has 3 rings (SSSR count). The molecule has 18 heavy (non-hydrogen) atoms. The third kappa shape index (κ3) is 1.74. The van der Waals surface area contributed by atoms with E-state index in [0.717, 1.165) is 15.2 Å². The highest BCUT2D eigenvalue weighted by Gasteiger charge is 2.13. The van der Waals surface area contributed by atoms with Crippen LogP contribution in [0.2, 0.25) is 0 Å². The van der Waals surface area contributed by atoms with Gasteiger partial charge in [0.05, 0.1) is 16.6 Å². The van der Waals surface area contributed by atoms with Crippen LogP contribution in [0.25, 0.3) is 15.2 Å². The molecule has 5 nitrogen and oxygen atoms in total. The predicted molar refractivity (Wildman–Crippen MR) is 69.1 cm³/mol. The number of carboxylic acids is 1. The first-order valence-electron chi connectivity index (χ1n) is 5.60. The Hall–Kier alpha value is -1.95. The number of hydrogen-bond acceptors (Lipinski definition) is 4. The quantitative estimate of drug-likeness (QED) is 0.785. The average Bonchev–Trinajstić information content (AvgIpc) is 2.84. The van der Waals surface area contributed by atoms with Crippen LogP contribution in [-0.4, -0.2) is 25.7 Å². The van der Waals surface area contributed by atoms with E-state index in [4.69, 9.17) is 5.11 Å². The molecule has 0 atom stereocenters. The van der Waals surface area contributed by atoms with Crippen molar-refractivity contribution in [3.05, 3.63) is 29.6 Å². The van der Waals surface area contributed by atoms with Crippen molar-refractivity contribution in [3.63, 3.8) is 0 Å². The van der Waals surface area contributed by atoms with E-state index in [-0.39, 0.29) is 6.42 Å². The number of nitrogens with zero attached hydrogens (tertiary/aromatic N) is 3. The van der Waals surface area contributed by atoms with Gasteiger partial charge in [-0.25, -0.2) is 0 Å². The van der Waals surface area contributed by atoms with Crippen molar-refractivity contribution >= 4 is 32.5 Å². The first-order valence-corrected chi connectivity index (χ1v) is 6.42. The summed E-state index contributed by atoms with van der Waals surface area (Å²) < 4.78 is 3.10. The second-order valence-corrected chi connectivity index (χ2v) is 5.21. The summed E-state index contributed by atoms with van der Waals surface area (Å²) in [6.07, 6.45) is 0.472. The minimum Gasteiger partial charge on any atom is -0.481 e. The van der Waals surface area contributed by atoms with Crippen LogP contribution in [0.3, 0.4) is 0 Å².